The maximum absolute atomic E-state index is 13.6. The number of benzene rings is 1. The van der Waals surface area contributed by atoms with Gasteiger partial charge in [-0.05, 0) is 24.6 Å². The molecule has 2 rings (SSSR count). The minimum Gasteiger partial charge on any atom is -0.326 e. The second kappa shape index (κ2) is 6.33. The fraction of sp³-hybridized carbons (Fsp3) is 0.308. The number of hydrogen-bond acceptors (Lipinski definition) is 4. The van der Waals surface area contributed by atoms with E-state index in [4.69, 9.17) is 5.73 Å². The molecule has 0 bridgehead atoms. The Balaban J connectivity index is 2.10. The summed E-state index contributed by atoms with van der Waals surface area (Å²) in [6.07, 6.45) is 3.50. The monoisotopic (exact) mass is 312 g/mol. The highest BCUT2D eigenvalue weighted by Gasteiger charge is 2.19. The zero-order valence-electron chi connectivity index (χ0n) is 11.6. The molecule has 0 fully saturated rings. The molecule has 8 heteroatoms. The molecule has 2 aromatic rings. The molecule has 0 amide bonds. The molecule has 0 aliphatic heterocycles. The molecule has 6 nitrogen and oxygen atoms in total. The van der Waals surface area contributed by atoms with Gasteiger partial charge in [0.1, 0.15) is 5.82 Å². The molecule has 0 aliphatic carbocycles. The third-order valence-electron chi connectivity index (χ3n) is 2.96. The molecule has 0 radical (unpaired) electrons. The Morgan fingerprint density at radius 3 is 2.81 bits per heavy atom. The van der Waals surface area contributed by atoms with Crippen molar-refractivity contribution in [2.45, 2.75) is 24.9 Å². The van der Waals surface area contributed by atoms with Crippen LogP contribution in [0.5, 0.6) is 0 Å². The molecule has 21 heavy (non-hydrogen) atoms. The number of hydrogen-bond donors (Lipinski definition) is 2. The first-order valence-electron chi connectivity index (χ1n) is 6.40. The molecule has 0 spiro atoms. The lowest BCUT2D eigenvalue weighted by Gasteiger charge is -2.11. The van der Waals surface area contributed by atoms with E-state index in [1.165, 1.54) is 18.2 Å². The molecule has 0 unspecified atom stereocenters. The van der Waals surface area contributed by atoms with Gasteiger partial charge in [0.2, 0.25) is 10.0 Å². The van der Waals surface area contributed by atoms with Crippen LogP contribution in [-0.4, -0.2) is 24.7 Å². The van der Waals surface area contributed by atoms with Gasteiger partial charge in [0, 0.05) is 24.8 Å². The smallest absolute Gasteiger partial charge is 0.241 e. The van der Waals surface area contributed by atoms with Gasteiger partial charge in [-0.2, -0.15) is 5.10 Å². The standard InChI is InChI=1S/C13H17FN4O2S/c1-10-8-16-18(9-10)6-5-17-21(19,20)13-4-2-3-12(14)11(13)7-15/h2-4,8-9,17H,5-7,15H2,1H3. The van der Waals surface area contributed by atoms with Crippen LogP contribution in [0, 0.1) is 12.7 Å². The Morgan fingerprint density at radius 2 is 2.19 bits per heavy atom. The number of aromatic nitrogens is 2. The molecule has 0 saturated carbocycles. The normalized spacial score (nSPS) is 11.8. The fourth-order valence-electron chi connectivity index (χ4n) is 1.95. The van der Waals surface area contributed by atoms with Crippen molar-refractivity contribution in [2.24, 2.45) is 5.73 Å². The first-order chi connectivity index (χ1) is 9.94. The molecule has 1 heterocycles. The quantitative estimate of drug-likeness (QED) is 0.824. The van der Waals surface area contributed by atoms with Crippen LogP contribution < -0.4 is 10.5 Å². The lowest BCUT2D eigenvalue weighted by Crippen LogP contribution is -2.29. The molecule has 0 aliphatic rings. The summed E-state index contributed by atoms with van der Waals surface area (Å²) in [6.45, 7) is 2.26. The number of nitrogens with one attached hydrogen (secondary N) is 1. The summed E-state index contributed by atoms with van der Waals surface area (Å²) >= 11 is 0. The third kappa shape index (κ3) is 3.66. The number of nitrogens with zero attached hydrogens (tertiary/aromatic N) is 2. The van der Waals surface area contributed by atoms with E-state index in [0.29, 0.717) is 6.54 Å². The van der Waals surface area contributed by atoms with E-state index < -0.39 is 15.8 Å². The summed E-state index contributed by atoms with van der Waals surface area (Å²) in [7, 11) is -3.80. The van der Waals surface area contributed by atoms with Crippen molar-refractivity contribution in [2.75, 3.05) is 6.54 Å². The van der Waals surface area contributed by atoms with Crippen LogP contribution in [0.15, 0.2) is 35.5 Å². The van der Waals surface area contributed by atoms with Crippen LogP contribution in [-0.2, 0) is 23.1 Å². The van der Waals surface area contributed by atoms with Gasteiger partial charge < -0.3 is 5.73 Å². The van der Waals surface area contributed by atoms with Gasteiger partial charge in [-0.25, -0.2) is 17.5 Å². The van der Waals surface area contributed by atoms with Crippen molar-refractivity contribution >= 4 is 10.0 Å². The van der Waals surface area contributed by atoms with Crippen molar-refractivity contribution in [1.82, 2.24) is 14.5 Å². The largest absolute Gasteiger partial charge is 0.326 e. The molecule has 0 atom stereocenters. The zero-order chi connectivity index (χ0) is 15.5. The minimum atomic E-state index is -3.80. The average molecular weight is 312 g/mol. The van der Waals surface area contributed by atoms with Gasteiger partial charge in [-0.3, -0.25) is 4.68 Å². The lowest BCUT2D eigenvalue weighted by molar-refractivity contribution is 0.555. The summed E-state index contributed by atoms with van der Waals surface area (Å²) in [5, 5.41) is 4.06. The van der Waals surface area contributed by atoms with Crippen molar-refractivity contribution in [3.05, 3.63) is 47.5 Å². The summed E-state index contributed by atoms with van der Waals surface area (Å²) in [6, 6.07) is 3.87. The van der Waals surface area contributed by atoms with Crippen LogP contribution in [0.4, 0.5) is 4.39 Å². The van der Waals surface area contributed by atoms with Crippen molar-refractivity contribution < 1.29 is 12.8 Å². The van der Waals surface area contributed by atoms with Gasteiger partial charge in [0.15, 0.2) is 0 Å². The molecule has 114 valence electrons. The number of sulfonamides is 1. The predicted molar refractivity (Wildman–Crippen MR) is 76.4 cm³/mol. The Hall–Kier alpha value is -1.77. The molecule has 3 N–H and O–H groups in total. The highest BCUT2D eigenvalue weighted by molar-refractivity contribution is 7.89. The Labute approximate surface area is 122 Å². The summed E-state index contributed by atoms with van der Waals surface area (Å²) in [5.74, 6) is -0.622. The van der Waals surface area contributed by atoms with Crippen LogP contribution in [0.25, 0.3) is 0 Å². The summed E-state index contributed by atoms with van der Waals surface area (Å²) < 4.78 is 42.0. The van der Waals surface area contributed by atoms with Gasteiger partial charge in [0.25, 0.3) is 0 Å². The number of aryl methyl sites for hydroxylation is 1. The van der Waals surface area contributed by atoms with E-state index in [-0.39, 0.29) is 23.5 Å². The number of nitrogens with two attached hydrogens (primary N) is 1. The van der Waals surface area contributed by atoms with Crippen LogP contribution >= 0.6 is 0 Å². The van der Waals surface area contributed by atoms with Crippen LogP contribution in [0.3, 0.4) is 0 Å². The Morgan fingerprint density at radius 1 is 1.43 bits per heavy atom. The molecule has 0 saturated heterocycles. The molecular weight excluding hydrogens is 295 g/mol. The van der Waals surface area contributed by atoms with Gasteiger partial charge in [-0.1, -0.05) is 6.07 Å². The highest BCUT2D eigenvalue weighted by atomic mass is 32.2. The zero-order valence-corrected chi connectivity index (χ0v) is 12.4. The van der Waals surface area contributed by atoms with Gasteiger partial charge in [-0.15, -0.1) is 0 Å². The second-order valence-electron chi connectivity index (χ2n) is 4.60. The van der Waals surface area contributed by atoms with E-state index in [1.54, 1.807) is 10.9 Å². The molecule has 1 aromatic carbocycles. The van der Waals surface area contributed by atoms with E-state index in [2.05, 4.69) is 9.82 Å². The van der Waals surface area contributed by atoms with Crippen LogP contribution in [0.1, 0.15) is 11.1 Å². The molecule has 1 aromatic heterocycles. The maximum atomic E-state index is 13.6. The average Bonchev–Trinajstić information content (AvgIpc) is 2.84. The molecular formula is C13H17FN4O2S. The Bertz CT molecular complexity index is 728. The number of rotatable bonds is 6. The van der Waals surface area contributed by atoms with E-state index >= 15 is 0 Å². The van der Waals surface area contributed by atoms with Crippen molar-refractivity contribution in [3.63, 3.8) is 0 Å². The lowest BCUT2D eigenvalue weighted by atomic mass is 10.2. The first-order valence-corrected chi connectivity index (χ1v) is 7.88. The van der Waals surface area contributed by atoms with Gasteiger partial charge >= 0.3 is 0 Å². The van der Waals surface area contributed by atoms with Crippen molar-refractivity contribution in [1.29, 1.82) is 0 Å². The third-order valence-corrected chi connectivity index (χ3v) is 4.51. The van der Waals surface area contributed by atoms with E-state index in [0.717, 1.165) is 5.56 Å². The first kappa shape index (κ1) is 15.6. The minimum absolute atomic E-state index is 0.0140. The summed E-state index contributed by atoms with van der Waals surface area (Å²) in [4.78, 5) is -0.123. The number of halogens is 1. The summed E-state index contributed by atoms with van der Waals surface area (Å²) in [5.41, 5.74) is 6.40. The van der Waals surface area contributed by atoms with Gasteiger partial charge in [0.05, 0.1) is 17.6 Å². The SMILES string of the molecule is Cc1cnn(CCNS(=O)(=O)c2cccc(F)c2CN)c1. The predicted octanol–water partition coefficient (Wildman–Crippen LogP) is 0.768. The van der Waals surface area contributed by atoms with E-state index in [1.807, 2.05) is 13.1 Å². The fourth-order valence-corrected chi connectivity index (χ4v) is 3.23. The second-order valence-corrected chi connectivity index (χ2v) is 6.33. The Kier molecular flexibility index (Phi) is 4.71. The van der Waals surface area contributed by atoms with Crippen LogP contribution in [0.2, 0.25) is 0 Å². The topological polar surface area (TPSA) is 90.0 Å². The van der Waals surface area contributed by atoms with E-state index in [9.17, 15) is 12.8 Å². The van der Waals surface area contributed by atoms with Crippen molar-refractivity contribution in [3.8, 4) is 0 Å². The highest BCUT2D eigenvalue weighted by Crippen LogP contribution is 2.18. The maximum Gasteiger partial charge on any atom is 0.241 e.